The number of anilines is 3. The molecular weight excluding hydrogens is 456 g/mol. The average molecular weight is 491 g/mol. The largest absolute Gasteiger partial charge is 0.444 e. The van der Waals surface area contributed by atoms with Gasteiger partial charge in [-0.15, -0.1) is 0 Å². The highest BCUT2D eigenvalue weighted by Crippen LogP contribution is 2.34. The number of nitrogens with one attached hydrogen (secondary N) is 1. The SMILES string of the molecule is CC(C)n1ncc2c1-c1nc(Nc3ccc(N4CCN(C(=O)OC(C)(C)C)CC4)cn3)ncc1CC2. The molecule has 0 atom stereocenters. The van der Waals surface area contributed by atoms with Crippen molar-refractivity contribution in [3.63, 3.8) is 0 Å². The van der Waals surface area contributed by atoms with Gasteiger partial charge in [0.2, 0.25) is 5.95 Å². The Labute approximate surface area is 211 Å². The first kappa shape index (κ1) is 24.0. The average Bonchev–Trinajstić information content (AvgIpc) is 3.29. The molecule has 0 spiro atoms. The highest BCUT2D eigenvalue weighted by molar-refractivity contribution is 5.69. The molecule has 1 saturated heterocycles. The summed E-state index contributed by atoms with van der Waals surface area (Å²) in [5.41, 5.74) is 4.94. The number of aromatic nitrogens is 5. The van der Waals surface area contributed by atoms with Crippen molar-refractivity contribution in [2.75, 3.05) is 36.4 Å². The zero-order chi connectivity index (χ0) is 25.4. The Bertz CT molecular complexity index is 1240. The second-order valence-corrected chi connectivity index (χ2v) is 10.6. The third kappa shape index (κ3) is 4.98. The molecular formula is C26H34N8O2. The second-order valence-electron chi connectivity index (χ2n) is 10.6. The molecule has 0 radical (unpaired) electrons. The molecule has 1 amide bonds. The Morgan fingerprint density at radius 2 is 1.75 bits per heavy atom. The topological polar surface area (TPSA) is 101 Å². The molecule has 1 aliphatic carbocycles. The fraction of sp³-hybridized carbons (Fsp3) is 0.500. The highest BCUT2D eigenvalue weighted by atomic mass is 16.6. The molecule has 1 N–H and O–H groups in total. The van der Waals surface area contributed by atoms with Gasteiger partial charge in [-0.1, -0.05) is 0 Å². The lowest BCUT2D eigenvalue weighted by Gasteiger charge is -2.36. The van der Waals surface area contributed by atoms with Gasteiger partial charge >= 0.3 is 6.09 Å². The predicted molar refractivity (Wildman–Crippen MR) is 139 cm³/mol. The van der Waals surface area contributed by atoms with Gasteiger partial charge in [0, 0.05) is 44.0 Å². The molecule has 1 aliphatic heterocycles. The van der Waals surface area contributed by atoms with Gasteiger partial charge in [-0.25, -0.2) is 19.7 Å². The molecule has 36 heavy (non-hydrogen) atoms. The van der Waals surface area contributed by atoms with Crippen LogP contribution in [0, 0.1) is 0 Å². The van der Waals surface area contributed by atoms with Gasteiger partial charge in [-0.3, -0.25) is 4.68 Å². The summed E-state index contributed by atoms with van der Waals surface area (Å²) in [5, 5.41) is 7.83. The van der Waals surface area contributed by atoms with Gasteiger partial charge in [-0.2, -0.15) is 5.10 Å². The number of fused-ring (bicyclic) bond motifs is 3. The van der Waals surface area contributed by atoms with Gasteiger partial charge in [0.15, 0.2) is 0 Å². The third-order valence-corrected chi connectivity index (χ3v) is 6.40. The van der Waals surface area contributed by atoms with Crippen LogP contribution in [0.4, 0.5) is 22.2 Å². The number of hydrogen-bond acceptors (Lipinski definition) is 8. The van der Waals surface area contributed by atoms with Crippen molar-refractivity contribution < 1.29 is 9.53 Å². The third-order valence-electron chi connectivity index (χ3n) is 6.40. The maximum atomic E-state index is 12.3. The van der Waals surface area contributed by atoms with Crippen molar-refractivity contribution in [1.82, 2.24) is 29.6 Å². The van der Waals surface area contributed by atoms with Crippen molar-refractivity contribution in [2.45, 2.75) is 59.1 Å². The summed E-state index contributed by atoms with van der Waals surface area (Å²) < 4.78 is 7.53. The number of hydrogen-bond donors (Lipinski definition) is 1. The molecule has 0 unspecified atom stereocenters. The zero-order valence-electron chi connectivity index (χ0n) is 21.7. The van der Waals surface area contributed by atoms with E-state index in [4.69, 9.17) is 9.72 Å². The standard InChI is InChI=1S/C26H34N8O2/c1-17(2)34-23-19(15-29-34)7-6-18-14-28-24(31-22(18)23)30-21-9-8-20(16-27-21)32-10-12-33(13-11-32)25(35)36-26(3,4)5/h8-9,14-17H,6-7,10-13H2,1-5H3,(H,27,28,30,31). The lowest BCUT2D eigenvalue weighted by Crippen LogP contribution is -2.50. The summed E-state index contributed by atoms with van der Waals surface area (Å²) in [5.74, 6) is 1.20. The van der Waals surface area contributed by atoms with E-state index in [2.05, 4.69) is 39.1 Å². The molecule has 0 aromatic carbocycles. The number of nitrogens with zero attached hydrogens (tertiary/aromatic N) is 7. The molecule has 3 aromatic heterocycles. The maximum absolute atomic E-state index is 12.3. The van der Waals surface area contributed by atoms with E-state index in [-0.39, 0.29) is 12.1 Å². The fourth-order valence-electron chi connectivity index (χ4n) is 4.59. The Hall–Kier alpha value is -3.69. The normalized spacial score (nSPS) is 15.5. The molecule has 1 fully saturated rings. The smallest absolute Gasteiger partial charge is 0.410 e. The fourth-order valence-corrected chi connectivity index (χ4v) is 4.59. The first-order chi connectivity index (χ1) is 17.2. The van der Waals surface area contributed by atoms with Crippen LogP contribution in [0.3, 0.4) is 0 Å². The molecule has 0 saturated carbocycles. The van der Waals surface area contributed by atoms with Crippen molar-refractivity contribution in [1.29, 1.82) is 0 Å². The van der Waals surface area contributed by atoms with Crippen LogP contribution in [-0.2, 0) is 17.6 Å². The molecule has 2 aliphatic rings. The Balaban J connectivity index is 1.24. The van der Waals surface area contributed by atoms with Crippen LogP contribution in [0.1, 0.15) is 51.8 Å². The van der Waals surface area contributed by atoms with Crippen LogP contribution in [-0.4, -0.2) is 67.5 Å². The molecule has 10 nitrogen and oxygen atoms in total. The van der Waals surface area contributed by atoms with Crippen LogP contribution >= 0.6 is 0 Å². The summed E-state index contributed by atoms with van der Waals surface area (Å²) in [7, 11) is 0. The Kier molecular flexibility index (Phi) is 6.27. The summed E-state index contributed by atoms with van der Waals surface area (Å²) >= 11 is 0. The van der Waals surface area contributed by atoms with Crippen molar-refractivity contribution in [2.24, 2.45) is 0 Å². The Morgan fingerprint density at radius 3 is 2.42 bits per heavy atom. The van der Waals surface area contributed by atoms with Crippen LogP contribution < -0.4 is 10.2 Å². The van der Waals surface area contributed by atoms with E-state index in [1.165, 1.54) is 5.56 Å². The van der Waals surface area contributed by atoms with Gasteiger partial charge < -0.3 is 19.9 Å². The van der Waals surface area contributed by atoms with Crippen LogP contribution in [0.25, 0.3) is 11.4 Å². The maximum Gasteiger partial charge on any atom is 0.410 e. The zero-order valence-corrected chi connectivity index (χ0v) is 21.7. The first-order valence-electron chi connectivity index (χ1n) is 12.6. The molecule has 5 rings (SSSR count). The number of carbonyl (C=O) groups excluding carboxylic acids is 1. The number of pyridine rings is 1. The predicted octanol–water partition coefficient (Wildman–Crippen LogP) is 4.22. The highest BCUT2D eigenvalue weighted by Gasteiger charge is 2.27. The minimum Gasteiger partial charge on any atom is -0.444 e. The number of rotatable bonds is 4. The number of carbonyl (C=O) groups is 1. The van der Waals surface area contributed by atoms with E-state index in [0.717, 1.165) is 48.6 Å². The van der Waals surface area contributed by atoms with Crippen LogP contribution in [0.5, 0.6) is 0 Å². The van der Waals surface area contributed by atoms with Gasteiger partial charge in [0.05, 0.1) is 29.5 Å². The van der Waals surface area contributed by atoms with Crippen molar-refractivity contribution in [3.05, 3.63) is 41.9 Å². The lowest BCUT2D eigenvalue weighted by molar-refractivity contribution is 0.0240. The quantitative estimate of drug-likeness (QED) is 0.580. The van der Waals surface area contributed by atoms with E-state index in [1.54, 1.807) is 4.90 Å². The van der Waals surface area contributed by atoms with Gasteiger partial charge in [-0.05, 0) is 65.2 Å². The van der Waals surface area contributed by atoms with Gasteiger partial charge in [0.1, 0.15) is 11.4 Å². The number of aryl methyl sites for hydroxylation is 2. The first-order valence-corrected chi connectivity index (χ1v) is 12.6. The minimum absolute atomic E-state index is 0.256. The van der Waals surface area contributed by atoms with E-state index < -0.39 is 5.60 Å². The number of ether oxygens (including phenoxy) is 1. The summed E-state index contributed by atoms with van der Waals surface area (Å²) in [6.07, 6.45) is 7.33. The van der Waals surface area contributed by atoms with Crippen molar-refractivity contribution >= 4 is 23.5 Å². The molecule has 0 bridgehead atoms. The van der Waals surface area contributed by atoms with E-state index in [9.17, 15) is 4.79 Å². The number of piperazine rings is 1. The summed E-state index contributed by atoms with van der Waals surface area (Å²) in [6.45, 7) is 12.6. The molecule has 3 aromatic rings. The van der Waals surface area contributed by atoms with Crippen LogP contribution in [0.15, 0.2) is 30.7 Å². The van der Waals surface area contributed by atoms with Gasteiger partial charge in [0.25, 0.3) is 0 Å². The van der Waals surface area contributed by atoms with Crippen LogP contribution in [0.2, 0.25) is 0 Å². The molecule has 10 heteroatoms. The minimum atomic E-state index is -0.485. The van der Waals surface area contributed by atoms with E-state index in [1.807, 2.05) is 56.2 Å². The molecule has 190 valence electrons. The monoisotopic (exact) mass is 490 g/mol. The van der Waals surface area contributed by atoms with E-state index >= 15 is 0 Å². The second kappa shape index (κ2) is 9.40. The van der Waals surface area contributed by atoms with Crippen molar-refractivity contribution in [3.8, 4) is 11.4 Å². The Morgan fingerprint density at radius 1 is 1.00 bits per heavy atom. The molecule has 4 heterocycles. The van der Waals surface area contributed by atoms with E-state index in [0.29, 0.717) is 24.9 Å². The number of amides is 1. The lowest BCUT2D eigenvalue weighted by atomic mass is 9.95. The summed E-state index contributed by atoms with van der Waals surface area (Å²) in [6, 6.07) is 4.22. The summed E-state index contributed by atoms with van der Waals surface area (Å²) in [4.78, 5) is 30.3.